The first-order valence-corrected chi connectivity index (χ1v) is 8.53. The van der Waals surface area contributed by atoms with E-state index >= 15 is 0 Å². The lowest BCUT2D eigenvalue weighted by Gasteiger charge is -2.13. The lowest BCUT2D eigenvalue weighted by Crippen LogP contribution is -2.14. The summed E-state index contributed by atoms with van der Waals surface area (Å²) >= 11 is 0. The van der Waals surface area contributed by atoms with Crippen LogP contribution in [0.3, 0.4) is 0 Å². The van der Waals surface area contributed by atoms with E-state index in [4.69, 9.17) is 13.9 Å². The van der Waals surface area contributed by atoms with Gasteiger partial charge in [0, 0.05) is 11.5 Å². The fraction of sp³-hybridized carbons (Fsp3) is 0.190. The molecule has 0 bridgehead atoms. The van der Waals surface area contributed by atoms with Crippen molar-refractivity contribution < 1.29 is 23.5 Å². The number of carbonyl (C=O) groups excluding carboxylic acids is 2. The van der Waals surface area contributed by atoms with Gasteiger partial charge in [0.15, 0.2) is 0 Å². The Hall–Kier alpha value is -3.41. The van der Waals surface area contributed by atoms with Crippen LogP contribution in [0, 0.1) is 6.92 Å². The van der Waals surface area contributed by atoms with Crippen LogP contribution in [-0.4, -0.2) is 23.5 Å². The number of aryl methyl sites for hydroxylation is 1. The monoisotopic (exact) mass is 365 g/mol. The first-order valence-electron chi connectivity index (χ1n) is 8.53. The van der Waals surface area contributed by atoms with Gasteiger partial charge < -0.3 is 13.9 Å². The molecule has 6 heteroatoms. The fourth-order valence-electron chi connectivity index (χ4n) is 2.74. The smallest absolute Gasteiger partial charge is 0.340 e. The van der Waals surface area contributed by atoms with Gasteiger partial charge in [0.2, 0.25) is 0 Å². The second kappa shape index (κ2) is 8.31. The van der Waals surface area contributed by atoms with Gasteiger partial charge in [-0.3, -0.25) is 0 Å². The van der Waals surface area contributed by atoms with Gasteiger partial charge in [-0.2, -0.15) is 0 Å². The maximum absolute atomic E-state index is 12.4. The van der Waals surface area contributed by atoms with Gasteiger partial charge in [0.1, 0.15) is 12.4 Å². The van der Waals surface area contributed by atoms with Gasteiger partial charge in [-0.05, 0) is 43.7 Å². The quantitative estimate of drug-likeness (QED) is 0.484. The number of aromatic nitrogens is 1. The van der Waals surface area contributed by atoms with Gasteiger partial charge >= 0.3 is 11.9 Å². The van der Waals surface area contributed by atoms with Crippen LogP contribution in [-0.2, 0) is 20.9 Å². The van der Waals surface area contributed by atoms with E-state index in [1.807, 2.05) is 31.2 Å². The minimum atomic E-state index is -0.561. The Balaban J connectivity index is 1.86. The number of pyridine rings is 1. The molecule has 0 radical (unpaired) electrons. The minimum Gasteiger partial charge on any atom is -0.465 e. The van der Waals surface area contributed by atoms with Crippen LogP contribution in [0.25, 0.3) is 17.0 Å². The third-order valence-corrected chi connectivity index (χ3v) is 3.98. The molecule has 0 saturated carbocycles. The van der Waals surface area contributed by atoms with Crippen LogP contribution in [0.1, 0.15) is 34.3 Å². The summed E-state index contributed by atoms with van der Waals surface area (Å²) in [4.78, 5) is 28.9. The van der Waals surface area contributed by atoms with Crippen molar-refractivity contribution in [1.82, 2.24) is 4.98 Å². The number of hydrogen-bond acceptors (Lipinski definition) is 6. The highest BCUT2D eigenvalue weighted by atomic mass is 16.5. The number of esters is 2. The largest absolute Gasteiger partial charge is 0.465 e. The SMILES string of the molecule is CCOC(=O)c1c(COC(=O)/C=C/c2ccco2)nc2ccccc2c1C. The summed E-state index contributed by atoms with van der Waals surface area (Å²) in [5.74, 6) is -0.502. The summed E-state index contributed by atoms with van der Waals surface area (Å²) in [6.45, 7) is 3.68. The van der Waals surface area contributed by atoms with Gasteiger partial charge in [-0.25, -0.2) is 14.6 Å². The zero-order chi connectivity index (χ0) is 19.2. The first kappa shape index (κ1) is 18.4. The highest BCUT2D eigenvalue weighted by Crippen LogP contribution is 2.24. The van der Waals surface area contributed by atoms with E-state index in [1.54, 1.807) is 19.1 Å². The van der Waals surface area contributed by atoms with Crippen LogP contribution in [0.15, 0.2) is 53.2 Å². The van der Waals surface area contributed by atoms with Crippen molar-refractivity contribution in [2.75, 3.05) is 6.61 Å². The zero-order valence-corrected chi connectivity index (χ0v) is 15.1. The van der Waals surface area contributed by atoms with E-state index in [-0.39, 0.29) is 13.2 Å². The van der Waals surface area contributed by atoms with Crippen molar-refractivity contribution >= 4 is 28.9 Å². The number of fused-ring (bicyclic) bond motifs is 1. The maximum Gasteiger partial charge on any atom is 0.340 e. The minimum absolute atomic E-state index is 0.138. The van der Waals surface area contributed by atoms with Crippen LogP contribution in [0.4, 0.5) is 0 Å². The standard InChI is InChI=1S/C21H19NO5/c1-3-25-21(24)20-14(2)16-8-4-5-9-17(16)22-18(20)13-27-19(23)11-10-15-7-6-12-26-15/h4-12H,3,13H2,1-2H3/b11-10+. The molecule has 2 heterocycles. The predicted octanol–water partition coefficient (Wildman–Crippen LogP) is 4.07. The molecule has 0 fully saturated rings. The Morgan fingerprint density at radius 3 is 2.70 bits per heavy atom. The fourth-order valence-corrected chi connectivity index (χ4v) is 2.74. The number of carbonyl (C=O) groups is 2. The van der Waals surface area contributed by atoms with E-state index < -0.39 is 11.9 Å². The normalized spacial score (nSPS) is 11.0. The van der Waals surface area contributed by atoms with E-state index in [2.05, 4.69) is 4.98 Å². The third-order valence-electron chi connectivity index (χ3n) is 3.98. The van der Waals surface area contributed by atoms with E-state index in [0.29, 0.717) is 17.0 Å². The molecular weight excluding hydrogens is 346 g/mol. The van der Waals surface area contributed by atoms with Crippen molar-refractivity contribution in [3.05, 3.63) is 71.3 Å². The van der Waals surface area contributed by atoms with Gasteiger partial charge in [-0.1, -0.05) is 18.2 Å². The number of para-hydroxylation sites is 1. The predicted molar refractivity (Wildman–Crippen MR) is 100.0 cm³/mol. The number of hydrogen-bond donors (Lipinski definition) is 0. The van der Waals surface area contributed by atoms with Crippen molar-refractivity contribution in [2.24, 2.45) is 0 Å². The molecular formula is C21H19NO5. The second-order valence-electron chi connectivity index (χ2n) is 5.75. The third kappa shape index (κ3) is 4.23. The molecule has 6 nitrogen and oxygen atoms in total. The molecule has 27 heavy (non-hydrogen) atoms. The Bertz CT molecular complexity index is 989. The molecule has 0 atom stereocenters. The molecule has 0 unspecified atom stereocenters. The molecule has 0 spiro atoms. The van der Waals surface area contributed by atoms with Crippen molar-refractivity contribution in [2.45, 2.75) is 20.5 Å². The summed E-state index contributed by atoms with van der Waals surface area (Å²) in [5, 5.41) is 0.855. The molecule has 3 rings (SSSR count). The van der Waals surface area contributed by atoms with Gasteiger partial charge in [0.25, 0.3) is 0 Å². The molecule has 0 aliphatic rings. The van der Waals surface area contributed by atoms with Gasteiger partial charge in [0.05, 0.1) is 29.6 Å². The van der Waals surface area contributed by atoms with Crippen molar-refractivity contribution in [1.29, 1.82) is 0 Å². The zero-order valence-electron chi connectivity index (χ0n) is 15.1. The molecule has 2 aromatic heterocycles. The molecule has 0 aliphatic carbocycles. The molecule has 138 valence electrons. The summed E-state index contributed by atoms with van der Waals surface area (Å²) in [6, 6.07) is 10.9. The van der Waals surface area contributed by atoms with Crippen LogP contribution in [0.2, 0.25) is 0 Å². The Morgan fingerprint density at radius 1 is 1.15 bits per heavy atom. The summed E-state index contributed by atoms with van der Waals surface area (Å²) < 4.78 is 15.5. The van der Waals surface area contributed by atoms with Gasteiger partial charge in [-0.15, -0.1) is 0 Å². The maximum atomic E-state index is 12.4. The molecule has 3 aromatic rings. The highest BCUT2D eigenvalue weighted by Gasteiger charge is 2.20. The molecule has 0 N–H and O–H groups in total. The number of ether oxygens (including phenoxy) is 2. The number of nitrogens with zero attached hydrogens (tertiary/aromatic N) is 1. The van der Waals surface area contributed by atoms with E-state index in [1.165, 1.54) is 18.4 Å². The van der Waals surface area contributed by atoms with Crippen LogP contribution in [0.5, 0.6) is 0 Å². The summed E-state index contributed by atoms with van der Waals surface area (Å²) in [6.07, 6.45) is 4.28. The first-order chi connectivity index (χ1) is 13.1. The summed E-state index contributed by atoms with van der Waals surface area (Å²) in [7, 11) is 0. The molecule has 0 amide bonds. The number of benzene rings is 1. The molecule has 0 aliphatic heterocycles. The average Bonchev–Trinajstić information content (AvgIpc) is 3.18. The average molecular weight is 365 g/mol. The van der Waals surface area contributed by atoms with Crippen LogP contribution < -0.4 is 0 Å². The molecule has 1 aromatic carbocycles. The van der Waals surface area contributed by atoms with E-state index in [9.17, 15) is 9.59 Å². The van der Waals surface area contributed by atoms with Crippen molar-refractivity contribution in [3.63, 3.8) is 0 Å². The summed E-state index contributed by atoms with van der Waals surface area (Å²) in [5.41, 5.74) is 2.17. The highest BCUT2D eigenvalue weighted by molar-refractivity contribution is 5.98. The Labute approximate surface area is 156 Å². The topological polar surface area (TPSA) is 78.6 Å². The van der Waals surface area contributed by atoms with Crippen LogP contribution >= 0.6 is 0 Å². The van der Waals surface area contributed by atoms with E-state index in [0.717, 1.165) is 16.5 Å². The Morgan fingerprint density at radius 2 is 1.96 bits per heavy atom. The lowest BCUT2D eigenvalue weighted by molar-refractivity contribution is -0.139. The molecule has 0 saturated heterocycles. The number of furan rings is 1. The Kier molecular flexibility index (Phi) is 5.66. The van der Waals surface area contributed by atoms with Crippen molar-refractivity contribution in [3.8, 4) is 0 Å². The second-order valence-corrected chi connectivity index (χ2v) is 5.75. The number of rotatable bonds is 6. The lowest BCUT2D eigenvalue weighted by atomic mass is 10.0.